The third-order valence-corrected chi connectivity index (χ3v) is 3.93. The summed E-state index contributed by atoms with van der Waals surface area (Å²) in [7, 11) is 0. The van der Waals surface area contributed by atoms with Gasteiger partial charge in [0.25, 0.3) is 5.91 Å². The number of esters is 1. The molecule has 0 aliphatic heterocycles. The number of rotatable bonds is 4. The first-order valence-electron chi connectivity index (χ1n) is 6.91. The molecule has 0 unspecified atom stereocenters. The molecule has 2 aromatic rings. The van der Waals surface area contributed by atoms with Crippen LogP contribution in [0.2, 0.25) is 10.0 Å². The molecule has 120 valence electrons. The maximum atomic E-state index is 12.1. The topological polar surface area (TPSA) is 55.4 Å². The largest absolute Gasteiger partial charge is 0.449 e. The molecule has 4 nitrogen and oxygen atoms in total. The second kappa shape index (κ2) is 7.49. The Kier molecular flexibility index (Phi) is 5.64. The van der Waals surface area contributed by atoms with E-state index in [0.717, 1.165) is 5.56 Å². The molecule has 0 heterocycles. The van der Waals surface area contributed by atoms with Crippen LogP contribution in [0, 0.1) is 6.92 Å². The number of ether oxygens (including phenoxy) is 1. The van der Waals surface area contributed by atoms with Gasteiger partial charge in [0, 0.05) is 5.69 Å². The summed E-state index contributed by atoms with van der Waals surface area (Å²) in [6.45, 7) is 3.40. The Morgan fingerprint density at radius 1 is 1.13 bits per heavy atom. The Morgan fingerprint density at radius 2 is 1.83 bits per heavy atom. The molecule has 6 heteroatoms. The summed E-state index contributed by atoms with van der Waals surface area (Å²) in [5.74, 6) is -1.13. The summed E-state index contributed by atoms with van der Waals surface area (Å²) in [5.41, 5.74) is 1.77. The van der Waals surface area contributed by atoms with Crippen LogP contribution in [0.1, 0.15) is 22.8 Å². The van der Waals surface area contributed by atoms with Gasteiger partial charge in [-0.05, 0) is 43.7 Å². The maximum Gasteiger partial charge on any atom is 0.340 e. The third-order valence-electron chi connectivity index (χ3n) is 3.11. The van der Waals surface area contributed by atoms with Crippen LogP contribution >= 0.6 is 23.2 Å². The average Bonchev–Trinajstić information content (AvgIpc) is 2.49. The first-order chi connectivity index (χ1) is 10.9. The van der Waals surface area contributed by atoms with Crippen molar-refractivity contribution in [3.63, 3.8) is 0 Å². The number of nitrogens with one attached hydrogen (secondary N) is 1. The highest BCUT2D eigenvalue weighted by molar-refractivity contribution is 6.43. The van der Waals surface area contributed by atoms with E-state index in [-0.39, 0.29) is 15.6 Å². The minimum absolute atomic E-state index is 0.102. The normalized spacial score (nSPS) is 11.7. The number of benzene rings is 2. The number of hydrogen-bond acceptors (Lipinski definition) is 3. The van der Waals surface area contributed by atoms with Crippen LogP contribution in [0.4, 0.5) is 5.69 Å². The molecule has 1 amide bonds. The van der Waals surface area contributed by atoms with Crippen LogP contribution < -0.4 is 5.32 Å². The Hall–Kier alpha value is -2.04. The Balaban J connectivity index is 2.03. The highest BCUT2D eigenvalue weighted by Gasteiger charge is 2.21. The average molecular weight is 352 g/mol. The second-order valence-electron chi connectivity index (χ2n) is 5.01. The van der Waals surface area contributed by atoms with Gasteiger partial charge in [0.15, 0.2) is 6.10 Å². The predicted octanol–water partition coefficient (Wildman–Crippen LogP) is 4.49. The molecule has 2 rings (SSSR count). The summed E-state index contributed by atoms with van der Waals surface area (Å²) in [6, 6.07) is 12.0. The van der Waals surface area contributed by atoms with Crippen molar-refractivity contribution in [2.75, 3.05) is 5.32 Å². The van der Waals surface area contributed by atoms with Gasteiger partial charge < -0.3 is 10.1 Å². The quantitative estimate of drug-likeness (QED) is 0.825. The Labute approximate surface area is 144 Å². The van der Waals surface area contributed by atoms with Crippen LogP contribution in [0.3, 0.4) is 0 Å². The molecule has 0 aliphatic rings. The van der Waals surface area contributed by atoms with Gasteiger partial charge in [-0.1, -0.05) is 41.4 Å². The molecular weight excluding hydrogens is 337 g/mol. The highest BCUT2D eigenvalue weighted by atomic mass is 35.5. The number of carbonyl (C=O) groups is 2. The SMILES string of the molecule is Cc1cccc(NC(=O)[C@@H](C)OC(=O)c2cccc(Cl)c2Cl)c1. The number of amides is 1. The molecular formula is C17H15Cl2NO3. The number of carbonyl (C=O) groups excluding carboxylic acids is 2. The lowest BCUT2D eigenvalue weighted by Crippen LogP contribution is -2.30. The van der Waals surface area contributed by atoms with Crippen molar-refractivity contribution in [1.29, 1.82) is 0 Å². The van der Waals surface area contributed by atoms with Crippen LogP contribution in [-0.4, -0.2) is 18.0 Å². The van der Waals surface area contributed by atoms with Crippen molar-refractivity contribution in [2.24, 2.45) is 0 Å². The van der Waals surface area contributed by atoms with Gasteiger partial charge in [-0.2, -0.15) is 0 Å². The smallest absolute Gasteiger partial charge is 0.340 e. The van der Waals surface area contributed by atoms with E-state index in [2.05, 4.69) is 5.32 Å². The van der Waals surface area contributed by atoms with E-state index in [0.29, 0.717) is 5.69 Å². The van der Waals surface area contributed by atoms with Gasteiger partial charge in [0.1, 0.15) is 0 Å². The maximum absolute atomic E-state index is 12.1. The van der Waals surface area contributed by atoms with E-state index >= 15 is 0 Å². The molecule has 0 saturated heterocycles. The Morgan fingerprint density at radius 3 is 2.52 bits per heavy atom. The zero-order chi connectivity index (χ0) is 17.0. The molecule has 1 N–H and O–H groups in total. The highest BCUT2D eigenvalue weighted by Crippen LogP contribution is 2.26. The first-order valence-corrected chi connectivity index (χ1v) is 7.66. The summed E-state index contributed by atoms with van der Waals surface area (Å²) in [4.78, 5) is 24.2. The molecule has 0 bridgehead atoms. The second-order valence-corrected chi connectivity index (χ2v) is 5.79. The fourth-order valence-electron chi connectivity index (χ4n) is 1.91. The van der Waals surface area contributed by atoms with Crippen LogP contribution in [0.15, 0.2) is 42.5 Å². The fraction of sp³-hybridized carbons (Fsp3) is 0.176. The van der Waals surface area contributed by atoms with Crippen molar-refractivity contribution in [2.45, 2.75) is 20.0 Å². The van der Waals surface area contributed by atoms with E-state index in [1.54, 1.807) is 18.2 Å². The van der Waals surface area contributed by atoms with Gasteiger partial charge >= 0.3 is 5.97 Å². The minimum atomic E-state index is -0.974. The minimum Gasteiger partial charge on any atom is -0.449 e. The van der Waals surface area contributed by atoms with E-state index in [4.69, 9.17) is 27.9 Å². The molecule has 0 saturated carbocycles. The lowest BCUT2D eigenvalue weighted by Gasteiger charge is -2.14. The summed E-state index contributed by atoms with van der Waals surface area (Å²) in [5, 5.41) is 3.04. The van der Waals surface area contributed by atoms with E-state index in [1.165, 1.54) is 13.0 Å². The summed E-state index contributed by atoms with van der Waals surface area (Å²) in [6.07, 6.45) is -0.974. The van der Waals surface area contributed by atoms with Crippen molar-refractivity contribution < 1.29 is 14.3 Å². The van der Waals surface area contributed by atoms with Crippen LogP contribution in [-0.2, 0) is 9.53 Å². The van der Waals surface area contributed by atoms with Crippen molar-refractivity contribution in [3.8, 4) is 0 Å². The lowest BCUT2D eigenvalue weighted by atomic mass is 10.2. The first kappa shape index (κ1) is 17.3. The molecule has 0 radical (unpaired) electrons. The molecule has 23 heavy (non-hydrogen) atoms. The molecule has 0 fully saturated rings. The van der Waals surface area contributed by atoms with Crippen molar-refractivity contribution in [1.82, 2.24) is 0 Å². The summed E-state index contributed by atoms with van der Waals surface area (Å²) >= 11 is 11.8. The van der Waals surface area contributed by atoms with Crippen molar-refractivity contribution in [3.05, 3.63) is 63.6 Å². The fourth-order valence-corrected chi connectivity index (χ4v) is 2.28. The van der Waals surface area contributed by atoms with Gasteiger partial charge in [-0.25, -0.2) is 4.79 Å². The number of hydrogen-bond donors (Lipinski definition) is 1. The zero-order valence-electron chi connectivity index (χ0n) is 12.6. The van der Waals surface area contributed by atoms with Gasteiger partial charge in [0.05, 0.1) is 15.6 Å². The molecule has 0 spiro atoms. The molecule has 0 aliphatic carbocycles. The standard InChI is InChI=1S/C17H15Cl2NO3/c1-10-5-3-6-12(9-10)20-16(21)11(2)23-17(22)13-7-4-8-14(18)15(13)19/h3-9,11H,1-2H3,(H,20,21)/t11-/m1/s1. The van der Waals surface area contributed by atoms with E-state index in [1.807, 2.05) is 25.1 Å². The van der Waals surface area contributed by atoms with E-state index < -0.39 is 18.0 Å². The van der Waals surface area contributed by atoms with Crippen molar-refractivity contribution >= 4 is 40.8 Å². The number of halogens is 2. The van der Waals surface area contributed by atoms with Crippen LogP contribution in [0.5, 0.6) is 0 Å². The Bertz CT molecular complexity index is 746. The predicted molar refractivity (Wildman–Crippen MR) is 91.1 cm³/mol. The van der Waals surface area contributed by atoms with Gasteiger partial charge in [-0.3, -0.25) is 4.79 Å². The monoisotopic (exact) mass is 351 g/mol. The van der Waals surface area contributed by atoms with Crippen LogP contribution in [0.25, 0.3) is 0 Å². The van der Waals surface area contributed by atoms with E-state index in [9.17, 15) is 9.59 Å². The summed E-state index contributed by atoms with van der Waals surface area (Å²) < 4.78 is 5.14. The third kappa shape index (κ3) is 4.47. The lowest BCUT2D eigenvalue weighted by molar-refractivity contribution is -0.123. The number of aryl methyl sites for hydroxylation is 1. The zero-order valence-corrected chi connectivity index (χ0v) is 14.1. The van der Waals surface area contributed by atoms with Gasteiger partial charge in [-0.15, -0.1) is 0 Å². The molecule has 2 aromatic carbocycles. The van der Waals surface area contributed by atoms with Gasteiger partial charge in [0.2, 0.25) is 0 Å². The molecule has 0 aromatic heterocycles. The molecule has 1 atom stereocenters. The number of anilines is 1.